The van der Waals surface area contributed by atoms with Crippen LogP contribution in [-0.2, 0) is 0 Å². The molecule has 0 fully saturated rings. The second-order valence-electron chi connectivity index (χ2n) is 3.46. The third kappa shape index (κ3) is 1.70. The summed E-state index contributed by atoms with van der Waals surface area (Å²) in [6, 6.07) is 1.72. The molecule has 1 aromatic carbocycles. The molecule has 0 saturated heterocycles. The van der Waals surface area contributed by atoms with E-state index in [4.69, 9.17) is 15.2 Å². The molecule has 1 aliphatic heterocycles. The van der Waals surface area contributed by atoms with Gasteiger partial charge in [0.05, 0.1) is 0 Å². The lowest BCUT2D eigenvalue weighted by molar-refractivity contribution is 0.170. The van der Waals surface area contributed by atoms with Crippen LogP contribution in [0, 0.1) is 5.82 Å². The highest BCUT2D eigenvalue weighted by molar-refractivity contribution is 9.10. The quantitative estimate of drug-likeness (QED) is 0.902. The molecular weight excluding hydrogens is 265 g/mol. The summed E-state index contributed by atoms with van der Waals surface area (Å²) in [5, 5.41) is 0. The highest BCUT2D eigenvalue weighted by Gasteiger charge is 2.25. The molecule has 0 spiro atoms. The minimum absolute atomic E-state index is 0.0612. The first kappa shape index (κ1) is 10.7. The molecule has 2 N–H and O–H groups in total. The number of hydrogen-bond donors (Lipinski definition) is 1. The second kappa shape index (κ2) is 3.98. The van der Waals surface area contributed by atoms with Crippen molar-refractivity contribution in [3.8, 4) is 11.5 Å². The van der Waals surface area contributed by atoms with Gasteiger partial charge in [0.2, 0.25) is 12.5 Å². The molecule has 1 aromatic rings. The predicted octanol–water partition coefficient (Wildman–Crippen LogP) is 2.38. The highest BCUT2D eigenvalue weighted by Crippen LogP contribution is 2.42. The van der Waals surface area contributed by atoms with E-state index in [1.54, 1.807) is 6.07 Å². The monoisotopic (exact) mass is 275 g/mol. The van der Waals surface area contributed by atoms with Crippen molar-refractivity contribution in [1.29, 1.82) is 0 Å². The second-order valence-corrected chi connectivity index (χ2v) is 4.31. The molecule has 3 nitrogen and oxygen atoms in total. The van der Waals surface area contributed by atoms with Crippen molar-refractivity contribution in [2.24, 2.45) is 5.73 Å². The lowest BCUT2D eigenvalue weighted by Crippen LogP contribution is -2.11. The van der Waals surface area contributed by atoms with Gasteiger partial charge in [0.1, 0.15) is 0 Å². The molecule has 1 unspecified atom stereocenters. The first-order chi connectivity index (χ1) is 7.15. The predicted molar refractivity (Wildman–Crippen MR) is 57.7 cm³/mol. The van der Waals surface area contributed by atoms with Crippen molar-refractivity contribution in [1.82, 2.24) is 0 Å². The van der Waals surface area contributed by atoms with E-state index in [0.717, 1.165) is 0 Å². The summed E-state index contributed by atoms with van der Waals surface area (Å²) in [5.41, 5.74) is 6.07. The molecule has 2 rings (SSSR count). The largest absolute Gasteiger partial charge is 0.453 e. The summed E-state index contributed by atoms with van der Waals surface area (Å²) in [6.07, 6.45) is 0. The van der Waals surface area contributed by atoms with Gasteiger partial charge < -0.3 is 15.2 Å². The molecule has 1 atom stereocenters. The summed E-state index contributed by atoms with van der Waals surface area (Å²) < 4.78 is 24.8. The summed E-state index contributed by atoms with van der Waals surface area (Å²) in [7, 11) is 0. The molecule has 1 heterocycles. The van der Waals surface area contributed by atoms with Crippen LogP contribution >= 0.6 is 15.9 Å². The van der Waals surface area contributed by atoms with Gasteiger partial charge in [0, 0.05) is 10.0 Å². The number of benzene rings is 1. The van der Waals surface area contributed by atoms with Gasteiger partial charge in [-0.2, -0.15) is 0 Å². The summed E-state index contributed by atoms with van der Waals surface area (Å²) >= 11 is 3.31. The van der Waals surface area contributed by atoms with Gasteiger partial charge in [-0.05, 0) is 18.5 Å². The Morgan fingerprint density at radius 1 is 1.60 bits per heavy atom. The zero-order valence-electron chi connectivity index (χ0n) is 8.22. The lowest BCUT2D eigenvalue weighted by atomic mass is 10.00. The van der Waals surface area contributed by atoms with Crippen LogP contribution in [0.5, 0.6) is 11.5 Å². The first-order valence-corrected chi connectivity index (χ1v) is 5.42. The van der Waals surface area contributed by atoms with E-state index in [1.807, 2.05) is 6.92 Å². The van der Waals surface area contributed by atoms with Crippen molar-refractivity contribution in [2.75, 3.05) is 13.3 Å². The Labute approximate surface area is 95.5 Å². The number of rotatable bonds is 2. The average molecular weight is 276 g/mol. The Bertz CT molecular complexity index is 397. The Morgan fingerprint density at radius 2 is 2.33 bits per heavy atom. The van der Waals surface area contributed by atoms with E-state index in [0.29, 0.717) is 22.3 Å². The van der Waals surface area contributed by atoms with Crippen LogP contribution in [0.2, 0.25) is 0 Å². The molecular formula is C10H11BrFNO2. The SMILES string of the molecule is CC(CN)c1c(Br)cc2c(c1F)OCO2. The Kier molecular flexibility index (Phi) is 2.84. The summed E-state index contributed by atoms with van der Waals surface area (Å²) in [6.45, 7) is 2.32. The van der Waals surface area contributed by atoms with E-state index in [1.165, 1.54) is 0 Å². The molecule has 82 valence electrons. The van der Waals surface area contributed by atoms with Crippen LogP contribution in [0.3, 0.4) is 0 Å². The number of halogens is 2. The van der Waals surface area contributed by atoms with E-state index in [2.05, 4.69) is 15.9 Å². The van der Waals surface area contributed by atoms with Gasteiger partial charge in [0.15, 0.2) is 11.6 Å². The molecule has 0 radical (unpaired) electrons. The molecule has 0 amide bonds. The molecule has 0 bridgehead atoms. The van der Waals surface area contributed by atoms with E-state index < -0.39 is 0 Å². The van der Waals surface area contributed by atoms with Gasteiger partial charge in [0.25, 0.3) is 0 Å². The minimum Gasteiger partial charge on any atom is -0.453 e. The molecule has 15 heavy (non-hydrogen) atoms. The molecule has 0 aliphatic carbocycles. The normalized spacial score (nSPS) is 15.5. The van der Waals surface area contributed by atoms with Crippen molar-refractivity contribution >= 4 is 15.9 Å². The van der Waals surface area contributed by atoms with Gasteiger partial charge in [-0.15, -0.1) is 0 Å². The molecule has 1 aliphatic rings. The van der Waals surface area contributed by atoms with Crippen molar-refractivity contribution < 1.29 is 13.9 Å². The zero-order valence-corrected chi connectivity index (χ0v) is 9.80. The van der Waals surface area contributed by atoms with Crippen LogP contribution in [0.4, 0.5) is 4.39 Å². The van der Waals surface area contributed by atoms with E-state index in [9.17, 15) is 4.39 Å². The maximum atomic E-state index is 14.0. The standard InChI is InChI=1S/C10H11BrFNO2/c1-5(3-13)8-6(11)2-7-10(9(8)12)15-4-14-7/h2,5H,3-4,13H2,1H3. The Morgan fingerprint density at radius 3 is 3.00 bits per heavy atom. The first-order valence-electron chi connectivity index (χ1n) is 4.62. The maximum absolute atomic E-state index is 14.0. The summed E-state index contributed by atoms with van der Waals surface area (Å²) in [4.78, 5) is 0. The van der Waals surface area contributed by atoms with Gasteiger partial charge in [-0.1, -0.05) is 22.9 Å². The lowest BCUT2D eigenvalue weighted by Gasteiger charge is -2.13. The van der Waals surface area contributed by atoms with Crippen LogP contribution in [0.15, 0.2) is 10.5 Å². The highest BCUT2D eigenvalue weighted by atomic mass is 79.9. The van der Waals surface area contributed by atoms with Gasteiger partial charge in [-0.3, -0.25) is 0 Å². The van der Waals surface area contributed by atoms with Gasteiger partial charge >= 0.3 is 0 Å². The number of hydrogen-bond acceptors (Lipinski definition) is 3. The number of ether oxygens (including phenoxy) is 2. The van der Waals surface area contributed by atoms with Crippen LogP contribution < -0.4 is 15.2 Å². The van der Waals surface area contributed by atoms with Crippen LogP contribution in [-0.4, -0.2) is 13.3 Å². The fraction of sp³-hybridized carbons (Fsp3) is 0.400. The molecule has 5 heteroatoms. The third-order valence-corrected chi connectivity index (χ3v) is 3.09. The smallest absolute Gasteiger partial charge is 0.231 e. The third-order valence-electron chi connectivity index (χ3n) is 2.44. The Balaban J connectivity index is 2.56. The topological polar surface area (TPSA) is 44.5 Å². The van der Waals surface area contributed by atoms with Crippen molar-refractivity contribution in [3.05, 3.63) is 21.9 Å². The van der Waals surface area contributed by atoms with Gasteiger partial charge in [-0.25, -0.2) is 4.39 Å². The molecule has 0 aromatic heterocycles. The number of fused-ring (bicyclic) bond motifs is 1. The van der Waals surface area contributed by atoms with E-state index in [-0.39, 0.29) is 24.3 Å². The average Bonchev–Trinajstić information content (AvgIpc) is 2.65. The van der Waals surface area contributed by atoms with Crippen LogP contribution in [0.25, 0.3) is 0 Å². The summed E-state index contributed by atoms with van der Waals surface area (Å²) in [5.74, 6) is 0.185. The maximum Gasteiger partial charge on any atom is 0.231 e. The Hall–Kier alpha value is -0.810. The fourth-order valence-corrected chi connectivity index (χ4v) is 2.33. The zero-order chi connectivity index (χ0) is 11.0. The van der Waals surface area contributed by atoms with Crippen molar-refractivity contribution in [3.63, 3.8) is 0 Å². The van der Waals surface area contributed by atoms with E-state index >= 15 is 0 Å². The van der Waals surface area contributed by atoms with Crippen molar-refractivity contribution in [2.45, 2.75) is 12.8 Å². The fourth-order valence-electron chi connectivity index (χ4n) is 1.56. The number of nitrogens with two attached hydrogens (primary N) is 1. The van der Waals surface area contributed by atoms with Crippen LogP contribution in [0.1, 0.15) is 18.4 Å². The molecule has 0 saturated carbocycles. The minimum atomic E-state index is -0.380.